The molecule has 0 radical (unpaired) electrons. The number of hydrogen-bond donors (Lipinski definition) is 1. The molecule has 0 aliphatic rings. The first-order valence-corrected chi connectivity index (χ1v) is 5.30. The van der Waals surface area contributed by atoms with Crippen LogP contribution in [0.15, 0.2) is 36.5 Å². The fraction of sp³-hybridized carbons (Fsp3) is 0.182. The van der Waals surface area contributed by atoms with Crippen molar-refractivity contribution in [3.8, 4) is 5.75 Å². The Bertz CT molecular complexity index is 436. The Morgan fingerprint density at radius 3 is 2.69 bits per heavy atom. The summed E-state index contributed by atoms with van der Waals surface area (Å²) in [6.07, 6.45) is 1.69. The lowest BCUT2D eigenvalue weighted by Crippen LogP contribution is -2.08. The van der Waals surface area contributed by atoms with Gasteiger partial charge in [-0.1, -0.05) is 29.8 Å². The second-order valence-electron chi connectivity index (χ2n) is 3.29. The zero-order chi connectivity index (χ0) is 11.4. The van der Waals surface area contributed by atoms with Crippen molar-refractivity contribution in [2.75, 3.05) is 12.3 Å². The van der Waals surface area contributed by atoms with Crippen LogP contribution in [0.5, 0.6) is 5.75 Å². The minimum absolute atomic E-state index is 0.348. The summed E-state index contributed by atoms with van der Waals surface area (Å²) in [6.45, 7) is 1.15. The summed E-state index contributed by atoms with van der Waals surface area (Å²) in [5, 5.41) is 4.50. The monoisotopic (exact) mass is 237 g/mol. The lowest BCUT2D eigenvalue weighted by Gasteiger charge is -2.05. The molecule has 0 saturated carbocycles. The van der Waals surface area contributed by atoms with E-state index in [1.165, 1.54) is 0 Å². The quantitative estimate of drug-likeness (QED) is 0.887. The molecule has 0 fully saturated rings. The van der Waals surface area contributed by atoms with Crippen LogP contribution in [0, 0.1) is 0 Å². The minimum atomic E-state index is 0.348. The van der Waals surface area contributed by atoms with Gasteiger partial charge in [0.05, 0.1) is 6.54 Å². The van der Waals surface area contributed by atoms with Crippen molar-refractivity contribution in [2.24, 2.45) is 0 Å². The Morgan fingerprint density at radius 1 is 1.31 bits per heavy atom. The SMILES string of the molecule is Nc1nn(CCOc2ccccc2)cc1Cl. The van der Waals surface area contributed by atoms with Gasteiger partial charge in [-0.15, -0.1) is 0 Å². The van der Waals surface area contributed by atoms with Crippen LogP contribution in [0.4, 0.5) is 5.82 Å². The van der Waals surface area contributed by atoms with Crippen LogP contribution in [0.3, 0.4) is 0 Å². The van der Waals surface area contributed by atoms with Gasteiger partial charge in [0.1, 0.15) is 17.4 Å². The number of benzene rings is 1. The summed E-state index contributed by atoms with van der Waals surface area (Å²) in [7, 11) is 0. The number of nitrogens with two attached hydrogens (primary N) is 1. The Kier molecular flexibility index (Phi) is 3.31. The maximum absolute atomic E-state index is 5.78. The van der Waals surface area contributed by atoms with Gasteiger partial charge in [0.15, 0.2) is 5.82 Å². The molecular weight excluding hydrogens is 226 g/mol. The lowest BCUT2D eigenvalue weighted by molar-refractivity contribution is 0.291. The zero-order valence-electron chi connectivity index (χ0n) is 8.64. The molecule has 2 N–H and O–H groups in total. The summed E-state index contributed by atoms with van der Waals surface area (Å²) in [5.41, 5.74) is 5.52. The van der Waals surface area contributed by atoms with Crippen LogP contribution >= 0.6 is 11.6 Å². The largest absolute Gasteiger partial charge is 0.492 e. The highest BCUT2D eigenvalue weighted by molar-refractivity contribution is 6.32. The van der Waals surface area contributed by atoms with Crippen LogP contribution in [-0.2, 0) is 6.54 Å². The number of halogens is 1. The normalized spacial score (nSPS) is 10.3. The summed E-state index contributed by atoms with van der Waals surface area (Å²) < 4.78 is 7.18. The van der Waals surface area contributed by atoms with E-state index in [1.54, 1.807) is 10.9 Å². The maximum Gasteiger partial charge on any atom is 0.164 e. The van der Waals surface area contributed by atoms with Gasteiger partial charge in [0, 0.05) is 6.20 Å². The summed E-state index contributed by atoms with van der Waals surface area (Å²) in [4.78, 5) is 0. The summed E-state index contributed by atoms with van der Waals surface area (Å²) >= 11 is 5.78. The van der Waals surface area contributed by atoms with Crippen LogP contribution in [0.25, 0.3) is 0 Å². The van der Waals surface area contributed by atoms with Gasteiger partial charge in [-0.3, -0.25) is 4.68 Å². The smallest absolute Gasteiger partial charge is 0.164 e. The molecule has 16 heavy (non-hydrogen) atoms. The first-order chi connectivity index (χ1) is 7.75. The fourth-order valence-electron chi connectivity index (χ4n) is 1.30. The van der Waals surface area contributed by atoms with Crippen LogP contribution in [-0.4, -0.2) is 16.4 Å². The number of rotatable bonds is 4. The molecule has 2 rings (SSSR count). The molecule has 0 aliphatic heterocycles. The number of ether oxygens (including phenoxy) is 1. The number of anilines is 1. The van der Waals surface area contributed by atoms with E-state index < -0.39 is 0 Å². The maximum atomic E-state index is 5.78. The molecule has 1 aromatic heterocycles. The predicted molar refractivity (Wildman–Crippen MR) is 63.6 cm³/mol. The van der Waals surface area contributed by atoms with Crippen molar-refractivity contribution in [1.29, 1.82) is 0 Å². The molecule has 0 saturated heterocycles. The average molecular weight is 238 g/mol. The molecular formula is C11H12ClN3O. The van der Waals surface area contributed by atoms with E-state index in [-0.39, 0.29) is 0 Å². The van der Waals surface area contributed by atoms with Gasteiger partial charge >= 0.3 is 0 Å². The van der Waals surface area contributed by atoms with E-state index in [0.717, 1.165) is 5.75 Å². The number of nitrogen functional groups attached to an aromatic ring is 1. The average Bonchev–Trinajstić information content (AvgIpc) is 2.60. The first-order valence-electron chi connectivity index (χ1n) is 4.92. The minimum Gasteiger partial charge on any atom is -0.492 e. The van der Waals surface area contributed by atoms with Crippen molar-refractivity contribution in [1.82, 2.24) is 9.78 Å². The third-order valence-corrected chi connectivity index (χ3v) is 2.37. The van der Waals surface area contributed by atoms with Gasteiger partial charge in [0.25, 0.3) is 0 Å². The standard InChI is InChI=1S/C11H12ClN3O/c12-10-8-15(14-11(10)13)6-7-16-9-4-2-1-3-5-9/h1-5,8H,6-7H2,(H2,13,14). The van der Waals surface area contributed by atoms with E-state index in [9.17, 15) is 0 Å². The van der Waals surface area contributed by atoms with E-state index in [0.29, 0.717) is 24.0 Å². The third-order valence-electron chi connectivity index (χ3n) is 2.08. The van der Waals surface area contributed by atoms with Gasteiger partial charge in [-0.05, 0) is 12.1 Å². The first kappa shape index (κ1) is 10.8. The van der Waals surface area contributed by atoms with Crippen molar-refractivity contribution < 1.29 is 4.74 Å². The molecule has 5 heteroatoms. The molecule has 0 spiro atoms. The van der Waals surface area contributed by atoms with E-state index >= 15 is 0 Å². The molecule has 0 bridgehead atoms. The molecule has 84 valence electrons. The highest BCUT2D eigenvalue weighted by atomic mass is 35.5. The molecule has 1 aromatic carbocycles. The van der Waals surface area contributed by atoms with E-state index in [2.05, 4.69) is 5.10 Å². The van der Waals surface area contributed by atoms with E-state index in [4.69, 9.17) is 22.1 Å². The van der Waals surface area contributed by atoms with Crippen molar-refractivity contribution in [2.45, 2.75) is 6.54 Å². The Morgan fingerprint density at radius 2 is 2.06 bits per heavy atom. The molecule has 0 aliphatic carbocycles. The number of hydrogen-bond acceptors (Lipinski definition) is 3. The third kappa shape index (κ3) is 2.67. The second kappa shape index (κ2) is 4.90. The molecule has 4 nitrogen and oxygen atoms in total. The predicted octanol–water partition coefficient (Wildman–Crippen LogP) is 2.20. The summed E-state index contributed by atoms with van der Waals surface area (Å²) in [5.74, 6) is 1.19. The van der Waals surface area contributed by atoms with Crippen molar-refractivity contribution in [3.05, 3.63) is 41.6 Å². The lowest BCUT2D eigenvalue weighted by atomic mass is 10.3. The zero-order valence-corrected chi connectivity index (χ0v) is 9.39. The topological polar surface area (TPSA) is 53.1 Å². The second-order valence-corrected chi connectivity index (χ2v) is 3.69. The number of aromatic nitrogens is 2. The Labute approximate surface area is 98.6 Å². The van der Waals surface area contributed by atoms with Crippen LogP contribution in [0.2, 0.25) is 5.02 Å². The van der Waals surface area contributed by atoms with Gasteiger partial charge in [-0.25, -0.2) is 0 Å². The molecule has 0 atom stereocenters. The van der Waals surface area contributed by atoms with Gasteiger partial charge in [0.2, 0.25) is 0 Å². The highest BCUT2D eigenvalue weighted by Crippen LogP contribution is 2.15. The van der Waals surface area contributed by atoms with Crippen LogP contribution < -0.4 is 10.5 Å². The fourth-order valence-corrected chi connectivity index (χ4v) is 1.45. The van der Waals surface area contributed by atoms with Crippen molar-refractivity contribution in [3.63, 3.8) is 0 Å². The van der Waals surface area contributed by atoms with E-state index in [1.807, 2.05) is 30.3 Å². The molecule has 1 heterocycles. The number of para-hydroxylation sites is 1. The Balaban J connectivity index is 1.84. The Hall–Kier alpha value is -1.68. The van der Waals surface area contributed by atoms with Crippen LogP contribution in [0.1, 0.15) is 0 Å². The molecule has 0 unspecified atom stereocenters. The van der Waals surface area contributed by atoms with Gasteiger partial charge < -0.3 is 10.5 Å². The van der Waals surface area contributed by atoms with Gasteiger partial charge in [-0.2, -0.15) is 5.10 Å². The van der Waals surface area contributed by atoms with Crippen molar-refractivity contribution >= 4 is 17.4 Å². The molecule has 2 aromatic rings. The number of nitrogens with zero attached hydrogens (tertiary/aromatic N) is 2. The molecule has 0 amide bonds. The highest BCUT2D eigenvalue weighted by Gasteiger charge is 2.02. The summed E-state index contributed by atoms with van der Waals surface area (Å²) in [6, 6.07) is 9.62.